The highest BCUT2D eigenvalue weighted by Gasteiger charge is 2.20. The maximum Gasteiger partial charge on any atom is 0.385 e. The molecule has 3 rings (SSSR count). The van der Waals surface area contributed by atoms with E-state index in [0.29, 0.717) is 0 Å². The van der Waals surface area contributed by atoms with Crippen molar-refractivity contribution < 1.29 is 28.7 Å². The van der Waals surface area contributed by atoms with Crippen LogP contribution in [0.15, 0.2) is 84.9 Å². The molecule has 0 spiro atoms. The number of ketones is 2. The molecule has 0 radical (unpaired) electrons. The van der Waals surface area contributed by atoms with Crippen molar-refractivity contribution in [1.29, 1.82) is 0 Å². The molecule has 0 N–H and O–H groups in total. The Kier molecular flexibility index (Phi) is 5.72. The van der Waals surface area contributed by atoms with Crippen molar-refractivity contribution in [2.24, 2.45) is 0 Å². The minimum Gasteiger partial charge on any atom is -0.421 e. The molecule has 6 heteroatoms. The second-order valence-electron chi connectivity index (χ2n) is 5.64. The van der Waals surface area contributed by atoms with E-state index in [-0.39, 0.29) is 22.6 Å². The third-order valence-electron chi connectivity index (χ3n) is 3.69. The van der Waals surface area contributed by atoms with Crippen molar-refractivity contribution in [3.05, 3.63) is 96.1 Å². The molecule has 6 nitrogen and oxygen atoms in total. The first-order valence-electron chi connectivity index (χ1n) is 8.28. The first kappa shape index (κ1) is 18.7. The topological polar surface area (TPSA) is 86.7 Å². The monoisotopic (exact) mass is 374 g/mol. The Morgan fingerprint density at radius 1 is 0.464 bits per heavy atom. The van der Waals surface area contributed by atoms with E-state index in [9.17, 15) is 19.2 Å². The zero-order valence-corrected chi connectivity index (χ0v) is 14.5. The van der Waals surface area contributed by atoms with Gasteiger partial charge in [-0.25, -0.2) is 9.59 Å². The number of esters is 2. The molecule has 0 aliphatic rings. The molecule has 0 saturated carbocycles. The quantitative estimate of drug-likeness (QED) is 0.285. The fourth-order valence-electron chi connectivity index (χ4n) is 2.30. The van der Waals surface area contributed by atoms with Gasteiger partial charge in [-0.05, 0) is 24.3 Å². The molecule has 0 fully saturated rings. The zero-order chi connectivity index (χ0) is 19.9. The lowest BCUT2D eigenvalue weighted by Gasteiger charge is -2.06. The van der Waals surface area contributed by atoms with Crippen molar-refractivity contribution in [3.8, 4) is 11.5 Å². The standard InChI is InChI=1S/C22H14O6/c23-19(15-7-3-1-4-8-15)21(25)27-17-11-13-18(14-12-17)28-22(26)20(24)16-9-5-2-6-10-16/h1-14H. The molecule has 28 heavy (non-hydrogen) atoms. The Hall–Kier alpha value is -4.06. The maximum atomic E-state index is 12.0. The molecule has 0 bridgehead atoms. The summed E-state index contributed by atoms with van der Waals surface area (Å²) in [6.45, 7) is 0. The van der Waals surface area contributed by atoms with E-state index in [1.54, 1.807) is 36.4 Å². The van der Waals surface area contributed by atoms with E-state index in [0.717, 1.165) is 0 Å². The van der Waals surface area contributed by atoms with E-state index in [4.69, 9.17) is 9.47 Å². The van der Waals surface area contributed by atoms with Crippen molar-refractivity contribution in [1.82, 2.24) is 0 Å². The molecule has 0 aromatic heterocycles. The van der Waals surface area contributed by atoms with Crippen LogP contribution in [-0.4, -0.2) is 23.5 Å². The minimum absolute atomic E-state index is 0.100. The largest absolute Gasteiger partial charge is 0.421 e. The molecule has 0 saturated heterocycles. The summed E-state index contributed by atoms with van der Waals surface area (Å²) < 4.78 is 10.0. The lowest BCUT2D eigenvalue weighted by Crippen LogP contribution is -2.21. The normalized spacial score (nSPS) is 10.0. The summed E-state index contributed by atoms with van der Waals surface area (Å²) in [5.41, 5.74) is 0.440. The lowest BCUT2D eigenvalue weighted by atomic mass is 10.1. The van der Waals surface area contributed by atoms with Gasteiger partial charge in [-0.15, -0.1) is 0 Å². The summed E-state index contributed by atoms with van der Waals surface area (Å²) in [6.07, 6.45) is 0. The Morgan fingerprint density at radius 2 is 0.786 bits per heavy atom. The lowest BCUT2D eigenvalue weighted by molar-refractivity contribution is -0.130. The average Bonchev–Trinajstić information content (AvgIpc) is 2.75. The van der Waals surface area contributed by atoms with Gasteiger partial charge in [-0.2, -0.15) is 0 Å². The number of hydrogen-bond donors (Lipinski definition) is 0. The van der Waals surface area contributed by atoms with Crippen LogP contribution in [0.5, 0.6) is 11.5 Å². The third-order valence-corrected chi connectivity index (χ3v) is 3.69. The van der Waals surface area contributed by atoms with Crippen LogP contribution in [0.1, 0.15) is 20.7 Å². The van der Waals surface area contributed by atoms with Crippen LogP contribution in [0.25, 0.3) is 0 Å². The van der Waals surface area contributed by atoms with Gasteiger partial charge in [0, 0.05) is 11.1 Å². The fraction of sp³-hybridized carbons (Fsp3) is 0. The Balaban J connectivity index is 1.60. The second-order valence-corrected chi connectivity index (χ2v) is 5.64. The van der Waals surface area contributed by atoms with E-state index < -0.39 is 23.5 Å². The predicted octanol–water partition coefficient (Wildman–Crippen LogP) is 3.26. The molecule has 0 heterocycles. The highest BCUT2D eigenvalue weighted by molar-refractivity contribution is 6.41. The number of carbonyl (C=O) groups excluding carboxylic acids is 4. The van der Waals surface area contributed by atoms with Crippen molar-refractivity contribution in [3.63, 3.8) is 0 Å². The number of benzene rings is 3. The minimum atomic E-state index is -1.03. The van der Waals surface area contributed by atoms with Crippen molar-refractivity contribution in [2.45, 2.75) is 0 Å². The van der Waals surface area contributed by atoms with Gasteiger partial charge < -0.3 is 9.47 Å². The molecular weight excluding hydrogens is 360 g/mol. The number of hydrogen-bond acceptors (Lipinski definition) is 6. The molecule has 0 atom stereocenters. The smallest absolute Gasteiger partial charge is 0.385 e. The number of rotatable bonds is 6. The predicted molar refractivity (Wildman–Crippen MR) is 99.3 cm³/mol. The number of Topliss-reactive ketones (excluding diaryl/α,β-unsaturated/α-hetero) is 2. The summed E-state index contributed by atoms with van der Waals surface area (Å²) in [4.78, 5) is 47.8. The van der Waals surface area contributed by atoms with Gasteiger partial charge in [0.25, 0.3) is 11.6 Å². The van der Waals surface area contributed by atoms with Gasteiger partial charge in [0.05, 0.1) is 0 Å². The van der Waals surface area contributed by atoms with Crippen molar-refractivity contribution in [2.75, 3.05) is 0 Å². The summed E-state index contributed by atoms with van der Waals surface area (Å²) in [6, 6.07) is 21.5. The van der Waals surface area contributed by atoms with Gasteiger partial charge in [0.1, 0.15) is 11.5 Å². The average molecular weight is 374 g/mol. The Morgan fingerprint density at radius 3 is 1.11 bits per heavy atom. The van der Waals surface area contributed by atoms with Gasteiger partial charge in [-0.3, -0.25) is 9.59 Å². The van der Waals surface area contributed by atoms with Crippen LogP contribution in [0.3, 0.4) is 0 Å². The Bertz CT molecular complexity index is 923. The van der Waals surface area contributed by atoms with Crippen LogP contribution in [-0.2, 0) is 9.59 Å². The summed E-state index contributed by atoms with van der Waals surface area (Å²) in [5, 5.41) is 0. The second kappa shape index (κ2) is 8.55. The van der Waals surface area contributed by atoms with Gasteiger partial charge in [0.2, 0.25) is 0 Å². The van der Waals surface area contributed by atoms with Crippen LogP contribution < -0.4 is 9.47 Å². The summed E-state index contributed by atoms with van der Waals surface area (Å²) in [7, 11) is 0. The fourth-order valence-corrected chi connectivity index (χ4v) is 2.30. The van der Waals surface area contributed by atoms with Crippen LogP contribution in [0, 0.1) is 0 Å². The number of ether oxygens (including phenoxy) is 2. The van der Waals surface area contributed by atoms with E-state index >= 15 is 0 Å². The van der Waals surface area contributed by atoms with Crippen LogP contribution in [0.4, 0.5) is 0 Å². The highest BCUT2D eigenvalue weighted by Crippen LogP contribution is 2.19. The molecule has 0 unspecified atom stereocenters. The van der Waals surface area contributed by atoms with Crippen molar-refractivity contribution >= 4 is 23.5 Å². The molecule has 138 valence electrons. The molecule has 3 aromatic carbocycles. The molecule has 0 aliphatic heterocycles. The molecule has 0 aliphatic carbocycles. The van der Waals surface area contributed by atoms with Crippen LogP contribution in [0.2, 0.25) is 0 Å². The van der Waals surface area contributed by atoms with E-state index in [2.05, 4.69) is 0 Å². The number of carbonyl (C=O) groups is 4. The van der Waals surface area contributed by atoms with Gasteiger partial charge in [0.15, 0.2) is 0 Å². The van der Waals surface area contributed by atoms with E-state index in [1.165, 1.54) is 48.5 Å². The van der Waals surface area contributed by atoms with E-state index in [1.807, 2.05) is 0 Å². The molecular formula is C22H14O6. The summed E-state index contributed by atoms with van der Waals surface area (Å²) in [5.74, 6) is -3.41. The first-order chi connectivity index (χ1) is 13.5. The first-order valence-corrected chi connectivity index (χ1v) is 8.28. The SMILES string of the molecule is O=C(Oc1ccc(OC(=O)C(=O)c2ccccc2)cc1)C(=O)c1ccccc1. The maximum absolute atomic E-state index is 12.0. The zero-order valence-electron chi connectivity index (χ0n) is 14.5. The molecule has 0 amide bonds. The summed E-state index contributed by atoms with van der Waals surface area (Å²) >= 11 is 0. The molecule has 3 aromatic rings. The highest BCUT2D eigenvalue weighted by atomic mass is 16.5. The van der Waals surface area contributed by atoms with Gasteiger partial charge in [-0.1, -0.05) is 60.7 Å². The van der Waals surface area contributed by atoms with Crippen LogP contribution >= 0.6 is 0 Å². The van der Waals surface area contributed by atoms with Gasteiger partial charge >= 0.3 is 11.9 Å². The third kappa shape index (κ3) is 4.56. The Labute approximate surface area is 160 Å².